The average molecular weight is 515 g/mol. The summed E-state index contributed by atoms with van der Waals surface area (Å²) in [6, 6.07) is 13.9. The normalized spacial score (nSPS) is 14.2. The lowest BCUT2D eigenvalue weighted by molar-refractivity contribution is 0.0983. The summed E-state index contributed by atoms with van der Waals surface area (Å²) in [6.45, 7) is 2.87. The summed E-state index contributed by atoms with van der Waals surface area (Å²) in [5.41, 5.74) is 8.86. The first-order chi connectivity index (χ1) is 18.0. The molecule has 1 aromatic carbocycles. The topological polar surface area (TPSA) is 88.2 Å². The van der Waals surface area contributed by atoms with Crippen LogP contribution in [0.5, 0.6) is 0 Å². The second kappa shape index (κ2) is 11.1. The van der Waals surface area contributed by atoms with Gasteiger partial charge in [0.2, 0.25) is 0 Å². The third-order valence-corrected chi connectivity index (χ3v) is 7.38. The van der Waals surface area contributed by atoms with Crippen LogP contribution in [0.25, 0.3) is 10.8 Å². The van der Waals surface area contributed by atoms with Crippen LogP contribution in [0.2, 0.25) is 5.02 Å². The summed E-state index contributed by atoms with van der Waals surface area (Å²) >= 11 is 6.27. The van der Waals surface area contributed by atoms with Gasteiger partial charge in [0.15, 0.2) is 5.78 Å². The van der Waals surface area contributed by atoms with Gasteiger partial charge in [0.05, 0.1) is 10.6 Å². The van der Waals surface area contributed by atoms with Gasteiger partial charge in [-0.05, 0) is 60.4 Å². The Morgan fingerprint density at radius 1 is 1.08 bits per heavy atom. The predicted molar refractivity (Wildman–Crippen MR) is 150 cm³/mol. The molecule has 190 valence electrons. The van der Waals surface area contributed by atoms with E-state index in [1.54, 1.807) is 18.5 Å². The number of benzene rings is 1. The summed E-state index contributed by atoms with van der Waals surface area (Å²) in [7, 11) is 2.02. The number of nitrogens with zero attached hydrogens (tertiary/aromatic N) is 5. The molecule has 0 atom stereocenters. The van der Waals surface area contributed by atoms with E-state index in [1.807, 2.05) is 37.6 Å². The zero-order chi connectivity index (χ0) is 25.8. The maximum absolute atomic E-state index is 13.3. The molecular weight excluding hydrogens is 484 g/mol. The fourth-order valence-corrected chi connectivity index (χ4v) is 5.30. The molecule has 7 nitrogen and oxygen atoms in total. The van der Waals surface area contributed by atoms with E-state index < -0.39 is 0 Å². The van der Waals surface area contributed by atoms with E-state index in [2.05, 4.69) is 43.0 Å². The third-order valence-electron chi connectivity index (χ3n) is 7.17. The van der Waals surface area contributed by atoms with Crippen LogP contribution in [-0.2, 0) is 6.42 Å². The van der Waals surface area contributed by atoms with E-state index in [1.165, 1.54) is 5.69 Å². The Bertz CT molecular complexity index is 1390. The van der Waals surface area contributed by atoms with Crippen molar-refractivity contribution in [3.8, 4) is 0 Å². The monoisotopic (exact) mass is 514 g/mol. The molecule has 0 aliphatic carbocycles. The number of piperidine rings is 1. The van der Waals surface area contributed by atoms with E-state index in [4.69, 9.17) is 17.3 Å². The number of halogens is 1. The molecule has 4 heterocycles. The molecule has 37 heavy (non-hydrogen) atoms. The number of carbonyl (C=O) groups excluding carboxylic acids is 1. The van der Waals surface area contributed by atoms with Crippen LogP contribution >= 0.6 is 11.6 Å². The van der Waals surface area contributed by atoms with Crippen LogP contribution in [0.1, 0.15) is 35.2 Å². The quantitative estimate of drug-likeness (QED) is 0.314. The number of carbonyl (C=O) groups is 1. The molecule has 1 aliphatic rings. The number of anilines is 3. The van der Waals surface area contributed by atoms with Crippen molar-refractivity contribution in [3.63, 3.8) is 0 Å². The molecule has 2 N–H and O–H groups in total. The number of rotatable bonds is 8. The van der Waals surface area contributed by atoms with Gasteiger partial charge in [0, 0.05) is 69.0 Å². The molecular formula is C29H31ClN6O. The lowest BCUT2D eigenvalue weighted by atomic mass is 9.95. The first-order valence-electron chi connectivity index (χ1n) is 12.7. The van der Waals surface area contributed by atoms with Gasteiger partial charge in [-0.3, -0.25) is 9.78 Å². The first-order valence-corrected chi connectivity index (χ1v) is 13.0. The molecule has 5 rings (SSSR count). The average Bonchev–Trinajstić information content (AvgIpc) is 2.92. The predicted octanol–water partition coefficient (Wildman–Crippen LogP) is 5.43. The molecule has 1 saturated heterocycles. The van der Waals surface area contributed by atoms with Crippen LogP contribution < -0.4 is 15.5 Å². The van der Waals surface area contributed by atoms with Gasteiger partial charge >= 0.3 is 0 Å². The second-order valence-electron chi connectivity index (χ2n) is 9.72. The van der Waals surface area contributed by atoms with Crippen molar-refractivity contribution in [1.29, 1.82) is 0 Å². The minimum Gasteiger partial charge on any atom is -0.383 e. The smallest absolute Gasteiger partial charge is 0.166 e. The highest BCUT2D eigenvalue weighted by Crippen LogP contribution is 2.28. The molecule has 0 saturated carbocycles. The van der Waals surface area contributed by atoms with Crippen LogP contribution in [-0.4, -0.2) is 47.4 Å². The Morgan fingerprint density at radius 3 is 2.65 bits per heavy atom. The Labute approximate surface area is 222 Å². The molecule has 1 fully saturated rings. The van der Waals surface area contributed by atoms with Gasteiger partial charge in [0.1, 0.15) is 11.6 Å². The molecule has 1 aliphatic heterocycles. The van der Waals surface area contributed by atoms with Crippen LogP contribution in [0.15, 0.2) is 67.3 Å². The van der Waals surface area contributed by atoms with E-state index in [0.717, 1.165) is 48.8 Å². The molecule has 3 aromatic heterocycles. The third kappa shape index (κ3) is 5.83. The molecule has 0 radical (unpaired) electrons. The van der Waals surface area contributed by atoms with E-state index in [-0.39, 0.29) is 5.78 Å². The Hall–Kier alpha value is -3.71. The SMILES string of the molecule is CN(CC1CCN(c2ccncc2)CC1)c1ncc(Cl)cc1C(=O)CCc1ccc2c(N)nccc2c1. The van der Waals surface area contributed by atoms with E-state index >= 15 is 0 Å². The van der Waals surface area contributed by atoms with Gasteiger partial charge in [-0.15, -0.1) is 0 Å². The lowest BCUT2D eigenvalue weighted by Crippen LogP contribution is -2.38. The number of hydrogen-bond acceptors (Lipinski definition) is 7. The van der Waals surface area contributed by atoms with Crippen molar-refractivity contribution in [2.24, 2.45) is 5.92 Å². The van der Waals surface area contributed by atoms with E-state index in [0.29, 0.717) is 41.0 Å². The number of hydrogen-bond donors (Lipinski definition) is 1. The van der Waals surface area contributed by atoms with Crippen molar-refractivity contribution in [2.75, 3.05) is 42.2 Å². The number of aryl methyl sites for hydroxylation is 1. The fourth-order valence-electron chi connectivity index (χ4n) is 5.14. The molecule has 8 heteroatoms. The summed E-state index contributed by atoms with van der Waals surface area (Å²) < 4.78 is 0. The second-order valence-corrected chi connectivity index (χ2v) is 10.2. The maximum atomic E-state index is 13.3. The summed E-state index contributed by atoms with van der Waals surface area (Å²) in [5.74, 6) is 1.78. The minimum absolute atomic E-state index is 0.0405. The van der Waals surface area contributed by atoms with Gasteiger partial charge < -0.3 is 15.5 Å². The zero-order valence-electron chi connectivity index (χ0n) is 21.0. The molecule has 0 bridgehead atoms. The Balaban J connectivity index is 1.23. The molecule has 0 spiro atoms. The van der Waals surface area contributed by atoms with Crippen LogP contribution in [0, 0.1) is 5.92 Å². The van der Waals surface area contributed by atoms with Gasteiger partial charge in [-0.1, -0.05) is 29.8 Å². The number of ketones is 1. The zero-order valence-corrected chi connectivity index (χ0v) is 21.7. The Kier molecular flexibility index (Phi) is 7.51. The van der Waals surface area contributed by atoms with Crippen molar-refractivity contribution < 1.29 is 4.79 Å². The fraction of sp³-hybridized carbons (Fsp3) is 0.310. The van der Waals surface area contributed by atoms with Crippen LogP contribution in [0.4, 0.5) is 17.3 Å². The van der Waals surface area contributed by atoms with Crippen molar-refractivity contribution in [1.82, 2.24) is 15.0 Å². The molecule has 4 aromatic rings. The van der Waals surface area contributed by atoms with E-state index in [9.17, 15) is 4.79 Å². The number of pyridine rings is 3. The van der Waals surface area contributed by atoms with Crippen molar-refractivity contribution in [3.05, 3.63) is 83.4 Å². The largest absolute Gasteiger partial charge is 0.383 e. The lowest BCUT2D eigenvalue weighted by Gasteiger charge is -2.35. The highest BCUT2D eigenvalue weighted by atomic mass is 35.5. The number of fused-ring (bicyclic) bond motifs is 1. The molecule has 0 unspecified atom stereocenters. The highest BCUT2D eigenvalue weighted by Gasteiger charge is 2.23. The number of nitrogens with two attached hydrogens (primary N) is 1. The summed E-state index contributed by atoms with van der Waals surface area (Å²) in [4.78, 5) is 30.7. The summed E-state index contributed by atoms with van der Waals surface area (Å²) in [6.07, 6.45) is 10.2. The van der Waals surface area contributed by atoms with Gasteiger partial charge in [-0.2, -0.15) is 0 Å². The summed E-state index contributed by atoms with van der Waals surface area (Å²) in [5, 5.41) is 2.42. The standard InChI is InChI=1S/C29H31ClN6O/c1-35(19-21-9-14-36(15-10-21)24-7-11-32-12-8-24)29-26(17-23(30)18-34-29)27(37)5-3-20-2-4-25-22(16-20)6-13-33-28(25)31/h2,4,6-8,11-13,16-18,21H,3,5,9-10,14-15,19H2,1H3,(H2,31,33). The minimum atomic E-state index is 0.0405. The van der Waals surface area contributed by atoms with Gasteiger partial charge in [0.25, 0.3) is 0 Å². The van der Waals surface area contributed by atoms with Crippen molar-refractivity contribution >= 4 is 45.5 Å². The molecule has 0 amide bonds. The van der Waals surface area contributed by atoms with Crippen molar-refractivity contribution in [2.45, 2.75) is 25.7 Å². The van der Waals surface area contributed by atoms with Gasteiger partial charge in [-0.25, -0.2) is 9.97 Å². The number of aromatic nitrogens is 3. The van der Waals surface area contributed by atoms with Crippen LogP contribution in [0.3, 0.4) is 0 Å². The number of nitrogen functional groups attached to an aromatic ring is 1. The number of Topliss-reactive ketones (excluding diaryl/α,β-unsaturated/α-hetero) is 1. The maximum Gasteiger partial charge on any atom is 0.166 e. The highest BCUT2D eigenvalue weighted by molar-refractivity contribution is 6.31. The first kappa shape index (κ1) is 25.0. The Morgan fingerprint density at radius 2 is 1.86 bits per heavy atom.